The van der Waals surface area contributed by atoms with Gasteiger partial charge in [0.05, 0.1) is 6.42 Å². The van der Waals surface area contributed by atoms with Crippen molar-refractivity contribution in [3.63, 3.8) is 0 Å². The third-order valence-corrected chi connectivity index (χ3v) is 1.52. The van der Waals surface area contributed by atoms with Gasteiger partial charge in [-0.1, -0.05) is 23.4 Å². The number of aromatic hydroxyl groups is 1. The minimum absolute atomic E-state index is 0.0721. The molecule has 0 aliphatic rings. The first-order valence-corrected chi connectivity index (χ1v) is 4.02. The summed E-state index contributed by atoms with van der Waals surface area (Å²) in [6.07, 6.45) is 0.907. The van der Waals surface area contributed by atoms with Gasteiger partial charge in [-0.15, -0.1) is 0 Å². The number of hydrogen-bond acceptors (Lipinski definition) is 2. The fraction of sp³-hybridized carbons (Fsp3) is 0.100. The van der Waals surface area contributed by atoms with Gasteiger partial charge in [-0.25, -0.2) is 0 Å². The molecule has 2 nitrogen and oxygen atoms in total. The molecule has 0 bridgehead atoms. The second kappa shape index (κ2) is 4.54. The highest BCUT2D eigenvalue weighted by atomic mass is 35.5. The number of carbonyl (C=O) groups is 1. The third kappa shape index (κ3) is 3.18. The zero-order valence-corrected chi connectivity index (χ0v) is 7.51. The molecule has 3 heteroatoms. The summed E-state index contributed by atoms with van der Waals surface area (Å²) in [5.41, 5.74) is 0.604. The summed E-state index contributed by atoms with van der Waals surface area (Å²) in [6, 6.07) is 4.54. The van der Waals surface area contributed by atoms with Crippen molar-refractivity contribution in [3.05, 3.63) is 28.8 Å². The zero-order valence-electron chi connectivity index (χ0n) is 6.75. The number of rotatable bonds is 1. The summed E-state index contributed by atoms with van der Waals surface area (Å²) in [5.74, 6) is 5.39. The number of hydrogen-bond donors (Lipinski definition) is 1. The van der Waals surface area contributed by atoms with Gasteiger partial charge in [0.1, 0.15) is 12.0 Å². The molecule has 0 aliphatic carbocycles. The SMILES string of the molecule is O=CCC#Cc1cc(O)cc(Cl)c1. The Bertz CT molecular complexity index is 354. The summed E-state index contributed by atoms with van der Waals surface area (Å²) >= 11 is 5.67. The Kier molecular flexibility index (Phi) is 3.36. The van der Waals surface area contributed by atoms with E-state index in [-0.39, 0.29) is 12.2 Å². The van der Waals surface area contributed by atoms with E-state index in [1.54, 1.807) is 6.07 Å². The molecular formula is C10H7ClO2. The minimum Gasteiger partial charge on any atom is -0.508 e. The molecule has 0 unspecified atom stereocenters. The van der Waals surface area contributed by atoms with Crippen LogP contribution in [-0.2, 0) is 4.79 Å². The largest absolute Gasteiger partial charge is 0.508 e. The summed E-state index contributed by atoms with van der Waals surface area (Å²) in [7, 11) is 0. The van der Waals surface area contributed by atoms with E-state index in [1.165, 1.54) is 12.1 Å². The third-order valence-electron chi connectivity index (χ3n) is 1.30. The molecule has 0 aromatic heterocycles. The molecule has 66 valence electrons. The first-order chi connectivity index (χ1) is 6.22. The molecule has 0 amide bonds. The van der Waals surface area contributed by atoms with Crippen LogP contribution in [0.4, 0.5) is 0 Å². The van der Waals surface area contributed by atoms with Crippen LogP contribution in [0.15, 0.2) is 18.2 Å². The van der Waals surface area contributed by atoms with Gasteiger partial charge in [-0.2, -0.15) is 0 Å². The van der Waals surface area contributed by atoms with Crippen molar-refractivity contribution in [2.45, 2.75) is 6.42 Å². The smallest absolute Gasteiger partial charge is 0.131 e. The van der Waals surface area contributed by atoms with Gasteiger partial charge in [0.2, 0.25) is 0 Å². The molecule has 1 aromatic carbocycles. The molecule has 13 heavy (non-hydrogen) atoms. The molecular weight excluding hydrogens is 188 g/mol. The quantitative estimate of drug-likeness (QED) is 0.548. The maximum atomic E-state index is 9.95. The van der Waals surface area contributed by atoms with Crippen molar-refractivity contribution in [1.82, 2.24) is 0 Å². The Morgan fingerprint density at radius 1 is 1.46 bits per heavy atom. The Hall–Kier alpha value is -1.46. The predicted molar refractivity (Wildman–Crippen MR) is 50.7 cm³/mol. The normalized spacial score (nSPS) is 8.69. The maximum Gasteiger partial charge on any atom is 0.131 e. The summed E-state index contributed by atoms with van der Waals surface area (Å²) in [5, 5.41) is 9.55. The molecule has 0 aliphatic heterocycles. The average molecular weight is 195 g/mol. The highest BCUT2D eigenvalue weighted by Gasteiger charge is 1.94. The van der Waals surface area contributed by atoms with Gasteiger partial charge in [0.25, 0.3) is 0 Å². The number of phenolic OH excluding ortho intramolecular Hbond substituents is 1. The van der Waals surface area contributed by atoms with Crippen LogP contribution in [0.3, 0.4) is 0 Å². The van der Waals surface area contributed by atoms with E-state index >= 15 is 0 Å². The van der Waals surface area contributed by atoms with E-state index in [2.05, 4.69) is 11.8 Å². The van der Waals surface area contributed by atoms with E-state index in [4.69, 9.17) is 16.7 Å². The summed E-state index contributed by atoms with van der Waals surface area (Å²) in [4.78, 5) is 9.95. The van der Waals surface area contributed by atoms with Crippen LogP contribution in [0.2, 0.25) is 5.02 Å². The number of halogens is 1. The Morgan fingerprint density at radius 3 is 2.85 bits per heavy atom. The van der Waals surface area contributed by atoms with E-state index in [1.807, 2.05) is 0 Å². The monoisotopic (exact) mass is 194 g/mol. The fourth-order valence-electron chi connectivity index (χ4n) is 0.841. The van der Waals surface area contributed by atoms with Crippen LogP contribution < -0.4 is 0 Å². The Morgan fingerprint density at radius 2 is 2.23 bits per heavy atom. The van der Waals surface area contributed by atoms with E-state index < -0.39 is 0 Å². The fourth-order valence-corrected chi connectivity index (χ4v) is 1.07. The van der Waals surface area contributed by atoms with Crippen molar-refractivity contribution in [2.24, 2.45) is 0 Å². The highest BCUT2D eigenvalue weighted by molar-refractivity contribution is 6.30. The van der Waals surface area contributed by atoms with E-state index in [0.717, 1.165) is 6.29 Å². The summed E-state index contributed by atoms with van der Waals surface area (Å²) < 4.78 is 0. The predicted octanol–water partition coefficient (Wildman–Crippen LogP) is 1.99. The first-order valence-electron chi connectivity index (χ1n) is 3.64. The van der Waals surface area contributed by atoms with Crippen LogP contribution >= 0.6 is 11.6 Å². The van der Waals surface area contributed by atoms with Crippen molar-refractivity contribution < 1.29 is 9.90 Å². The van der Waals surface area contributed by atoms with Crippen molar-refractivity contribution in [2.75, 3.05) is 0 Å². The zero-order chi connectivity index (χ0) is 9.68. The van der Waals surface area contributed by atoms with E-state index in [0.29, 0.717) is 10.6 Å². The molecule has 0 spiro atoms. The molecule has 0 radical (unpaired) electrons. The molecule has 0 saturated heterocycles. The maximum absolute atomic E-state index is 9.95. The standard InChI is InChI=1S/C10H7ClO2/c11-9-5-8(3-1-2-4-12)6-10(13)7-9/h4-7,13H,2H2. The van der Waals surface area contributed by atoms with Crippen LogP contribution in [0.1, 0.15) is 12.0 Å². The molecule has 1 rings (SSSR count). The van der Waals surface area contributed by atoms with Crippen LogP contribution in [0.25, 0.3) is 0 Å². The minimum atomic E-state index is 0.0721. The molecule has 0 heterocycles. The number of benzene rings is 1. The first kappa shape index (κ1) is 9.63. The number of aldehydes is 1. The molecule has 0 atom stereocenters. The molecule has 1 aromatic rings. The molecule has 1 N–H and O–H groups in total. The number of phenols is 1. The van der Waals surface area contributed by atoms with Gasteiger partial charge < -0.3 is 9.90 Å². The number of carbonyl (C=O) groups excluding carboxylic acids is 1. The lowest BCUT2D eigenvalue weighted by atomic mass is 10.2. The second-order valence-electron chi connectivity index (χ2n) is 2.37. The van der Waals surface area contributed by atoms with Crippen molar-refractivity contribution >= 4 is 17.9 Å². The van der Waals surface area contributed by atoms with Crippen LogP contribution in [0, 0.1) is 11.8 Å². The lowest BCUT2D eigenvalue weighted by Gasteiger charge is -1.94. The van der Waals surface area contributed by atoms with Gasteiger partial charge in [-0.3, -0.25) is 0 Å². The van der Waals surface area contributed by atoms with Gasteiger partial charge in [0, 0.05) is 10.6 Å². The molecule has 0 fully saturated rings. The van der Waals surface area contributed by atoms with Crippen LogP contribution in [0.5, 0.6) is 5.75 Å². The Balaban J connectivity index is 2.90. The second-order valence-corrected chi connectivity index (χ2v) is 2.81. The topological polar surface area (TPSA) is 37.3 Å². The average Bonchev–Trinajstić information content (AvgIpc) is 2.03. The van der Waals surface area contributed by atoms with Crippen molar-refractivity contribution in [1.29, 1.82) is 0 Å². The summed E-state index contributed by atoms with van der Waals surface area (Å²) in [6.45, 7) is 0. The van der Waals surface area contributed by atoms with Gasteiger partial charge in [-0.05, 0) is 18.2 Å². The van der Waals surface area contributed by atoms with Gasteiger partial charge in [0.15, 0.2) is 0 Å². The lowest BCUT2D eigenvalue weighted by Crippen LogP contribution is -1.75. The van der Waals surface area contributed by atoms with Crippen LogP contribution in [-0.4, -0.2) is 11.4 Å². The Labute approximate surface area is 81.1 Å². The van der Waals surface area contributed by atoms with Gasteiger partial charge >= 0.3 is 0 Å². The highest BCUT2D eigenvalue weighted by Crippen LogP contribution is 2.18. The molecule has 0 saturated carbocycles. The van der Waals surface area contributed by atoms with Crippen molar-refractivity contribution in [3.8, 4) is 17.6 Å². The van der Waals surface area contributed by atoms with E-state index in [9.17, 15) is 4.79 Å². The lowest BCUT2D eigenvalue weighted by molar-refractivity contribution is -0.107.